The van der Waals surface area contributed by atoms with Gasteiger partial charge in [-0.1, -0.05) is 111 Å². The fraction of sp³-hybridized carbons (Fsp3) is 0.207. The topological polar surface area (TPSA) is 443 Å². The number of hydrogen-bond donors (Lipinski definition) is 0. The van der Waals surface area contributed by atoms with E-state index in [4.69, 9.17) is 87.4 Å². The maximum absolute atomic E-state index is 14.6. The molecule has 141 heavy (non-hydrogen) atoms. The molecule has 0 radical (unpaired) electrons. The number of benzene rings is 12. The molecule has 0 N–H and O–H groups in total. The number of ether oxygens (including phenoxy) is 14. The third-order valence-electron chi connectivity index (χ3n) is 21.9. The molecule has 0 aliphatic carbocycles. The maximum atomic E-state index is 14.6. The van der Waals surface area contributed by atoms with Crippen molar-refractivity contribution in [2.75, 3.05) is 66.1 Å². The van der Waals surface area contributed by atoms with Crippen molar-refractivity contribution in [2.45, 2.75) is 65.2 Å². The van der Waals surface area contributed by atoms with E-state index in [0.717, 1.165) is 44.5 Å². The Morgan fingerprint density at radius 1 is 0.227 bits per heavy atom. The van der Waals surface area contributed by atoms with Crippen LogP contribution in [0.25, 0.3) is 44.5 Å². The van der Waals surface area contributed by atoms with Gasteiger partial charge < -0.3 is 66.3 Å². The molecule has 0 unspecified atom stereocenters. The second-order valence-electron chi connectivity index (χ2n) is 32.5. The molecule has 0 aliphatic rings. The first kappa shape index (κ1) is 101. The van der Waals surface area contributed by atoms with Crippen LogP contribution in [0, 0.1) is 84.2 Å². The Bertz CT molecular complexity index is 5910. The van der Waals surface area contributed by atoms with Gasteiger partial charge in [-0.15, -0.1) is 0 Å². The second kappa shape index (κ2) is 50.2. The van der Waals surface area contributed by atoms with Crippen molar-refractivity contribution in [3.8, 4) is 127 Å². The van der Waals surface area contributed by atoms with Crippen molar-refractivity contribution in [1.82, 2.24) is 0 Å². The zero-order chi connectivity index (χ0) is 99.9. The molecule has 0 saturated carbocycles. The van der Waals surface area contributed by atoms with Crippen LogP contribution in [0.4, 0.5) is 0 Å². The van der Waals surface area contributed by atoms with Gasteiger partial charge in [0.15, 0.2) is 10.8 Å². The van der Waals surface area contributed by atoms with Gasteiger partial charge in [-0.3, -0.25) is 28.8 Å². The van der Waals surface area contributed by atoms with Crippen molar-refractivity contribution in [1.29, 1.82) is 31.6 Å². The number of carbonyl (C=O) groups excluding carboxylic acids is 10. The van der Waals surface area contributed by atoms with Gasteiger partial charge >= 0.3 is 59.7 Å². The molecule has 0 aromatic heterocycles. The minimum absolute atomic E-state index is 0.181. The molecular weight excluding hydrogens is 1800 g/mol. The monoisotopic (exact) mass is 1890 g/mol. The summed E-state index contributed by atoms with van der Waals surface area (Å²) in [5.41, 5.74) is 3.88. The highest BCUT2D eigenvalue weighted by Gasteiger charge is 2.45. The Balaban J connectivity index is 0.644. The summed E-state index contributed by atoms with van der Waals surface area (Å²) in [5, 5.41) is 58.5. The largest absolute Gasteiger partial charge is 0.490 e. The predicted octanol–water partition coefficient (Wildman–Crippen LogP) is 18.8. The molecule has 0 heterocycles. The quantitative estimate of drug-likeness (QED) is 0.0148. The highest BCUT2D eigenvalue weighted by Crippen LogP contribution is 2.37. The number of rotatable bonds is 46. The van der Waals surface area contributed by atoms with Crippen molar-refractivity contribution >= 4 is 59.7 Å². The molecule has 708 valence electrons. The summed E-state index contributed by atoms with van der Waals surface area (Å²) in [6.45, 7) is -0.147. The second-order valence-corrected chi connectivity index (χ2v) is 32.5. The van der Waals surface area contributed by atoms with Gasteiger partial charge in [0.1, 0.15) is 98.9 Å². The Morgan fingerprint density at radius 2 is 0.404 bits per heavy atom. The van der Waals surface area contributed by atoms with E-state index in [1.165, 1.54) is 111 Å². The molecule has 12 aromatic rings. The molecule has 0 bridgehead atoms. The molecule has 0 spiro atoms. The minimum atomic E-state index is -2.24. The van der Waals surface area contributed by atoms with E-state index in [2.05, 4.69) is 24.3 Å². The summed E-state index contributed by atoms with van der Waals surface area (Å²) in [4.78, 5) is 136. The summed E-state index contributed by atoms with van der Waals surface area (Å²) in [7, 11) is 0. The minimum Gasteiger partial charge on any atom is -0.490 e. The van der Waals surface area contributed by atoms with Crippen molar-refractivity contribution in [3.63, 3.8) is 0 Å². The summed E-state index contributed by atoms with van der Waals surface area (Å²) in [5.74, 6) is -6.16. The average Bonchev–Trinajstić information content (AvgIpc) is 0.825. The molecule has 12 aromatic carbocycles. The van der Waals surface area contributed by atoms with Crippen LogP contribution in [-0.2, 0) is 57.2 Å². The molecule has 12 rings (SSSR count). The molecule has 0 aliphatic heterocycles. The number of nitriles is 6. The van der Waals surface area contributed by atoms with Crippen LogP contribution < -0.4 is 37.9 Å². The van der Waals surface area contributed by atoms with Gasteiger partial charge in [0.05, 0.1) is 94.1 Å². The van der Waals surface area contributed by atoms with Crippen molar-refractivity contribution in [2.24, 2.45) is 16.2 Å². The van der Waals surface area contributed by atoms with Crippen LogP contribution in [0.15, 0.2) is 291 Å². The lowest BCUT2D eigenvalue weighted by Gasteiger charge is -2.30. The summed E-state index contributed by atoms with van der Waals surface area (Å²) >= 11 is 0. The first-order valence-corrected chi connectivity index (χ1v) is 44.3. The summed E-state index contributed by atoms with van der Waals surface area (Å²) in [6, 6.07) is 91.5. The SMILES string of the molecule is CC(C)(COC(=O)C(C#N)(CCC(=O)OCCOc1ccc(C(=O)Oc2ccc(-c3ccc(C#N)cc3)cc2)cc1)CCC(=O)OCCOc1ccc(C(=O)Oc2ccc(-c3ccc(C#N)cc3)cc2)cc1)COC(=O)C(C#N)(CCC(=O)OCCOc1ccc(C(=O)Oc2ccc(-c3ccc(C#N)cc3)cc2)cc1)CCC(=O)OCCOc1ccc(C(=O)Oc2ccc(-c3ccc(C#N)cc3)cc2)cc1. The Morgan fingerprint density at radius 3 is 0.582 bits per heavy atom. The summed E-state index contributed by atoms with van der Waals surface area (Å²) < 4.78 is 78.8. The number of esters is 10. The zero-order valence-electron chi connectivity index (χ0n) is 76.4. The van der Waals surface area contributed by atoms with Crippen LogP contribution in [0.1, 0.15) is 129 Å². The molecule has 0 fully saturated rings. The molecule has 30 nitrogen and oxygen atoms in total. The molecule has 0 amide bonds. The predicted molar refractivity (Wildman–Crippen MR) is 507 cm³/mol. The van der Waals surface area contributed by atoms with E-state index < -0.39 is 141 Å². The first-order valence-electron chi connectivity index (χ1n) is 44.3. The van der Waals surface area contributed by atoms with Crippen LogP contribution >= 0.6 is 0 Å². The molecule has 0 atom stereocenters. The maximum Gasteiger partial charge on any atom is 0.343 e. The van der Waals surface area contributed by atoms with Gasteiger partial charge in [0.2, 0.25) is 0 Å². The lowest BCUT2D eigenvalue weighted by Crippen LogP contribution is -2.39. The first-order chi connectivity index (χ1) is 68.3. The van der Waals surface area contributed by atoms with Gasteiger partial charge in [-0.2, -0.15) is 31.6 Å². The normalized spacial score (nSPS) is 10.8. The lowest BCUT2D eigenvalue weighted by atomic mass is 9.80. The van der Waals surface area contributed by atoms with E-state index in [9.17, 15) is 58.5 Å². The van der Waals surface area contributed by atoms with E-state index in [-0.39, 0.29) is 98.1 Å². The number of hydrogen-bond acceptors (Lipinski definition) is 30. The van der Waals surface area contributed by atoms with Crippen LogP contribution in [0.5, 0.6) is 46.0 Å². The van der Waals surface area contributed by atoms with Crippen LogP contribution in [-0.4, -0.2) is 126 Å². The van der Waals surface area contributed by atoms with Gasteiger partial charge in [-0.05, 0) is 264 Å². The van der Waals surface area contributed by atoms with Crippen molar-refractivity contribution in [3.05, 3.63) is 336 Å². The molecule has 0 saturated heterocycles. The van der Waals surface area contributed by atoms with Gasteiger partial charge in [-0.25, -0.2) is 19.2 Å². The van der Waals surface area contributed by atoms with E-state index in [1.54, 1.807) is 146 Å². The van der Waals surface area contributed by atoms with E-state index in [1.807, 2.05) is 60.7 Å². The van der Waals surface area contributed by atoms with Gasteiger partial charge in [0.25, 0.3) is 0 Å². The van der Waals surface area contributed by atoms with E-state index in [0.29, 0.717) is 45.3 Å². The van der Waals surface area contributed by atoms with Crippen LogP contribution in [0.3, 0.4) is 0 Å². The fourth-order valence-corrected chi connectivity index (χ4v) is 13.8. The smallest absolute Gasteiger partial charge is 0.343 e. The zero-order valence-corrected chi connectivity index (χ0v) is 76.4. The third-order valence-corrected chi connectivity index (χ3v) is 21.9. The standard InChI is InChI=1S/C111H90N6O24/c1-109(2,73-136-107(126)110(71-116,55-51-99(118)132-63-59-128-91-35-27-87(28-36-91)103(122)138-95-43-19-83(20-44-95)79-11-3-75(67-112)4-12-79)56-52-100(119)133-64-60-129-92-37-29-88(30-38-92)104(123)139-96-45-21-84(22-46-96)80-13-5-76(68-113)6-14-80)74-137-108(127)111(72-117,57-53-101(120)134-65-61-130-93-39-31-89(32-40-93)105(124)140-97-47-23-85(24-48-97)81-15-7-77(69-114)8-16-81)58-54-102(121)135-66-62-131-94-41-33-90(34-42-94)106(125)141-98-49-25-86(26-50-98)82-17-9-78(70-115)10-18-82/h3-50H,51-66,73-74H2,1-2H3. The Hall–Kier alpha value is -18.5. The average molecular weight is 1890 g/mol. The van der Waals surface area contributed by atoms with E-state index >= 15 is 0 Å². The number of carbonyl (C=O) groups is 10. The third kappa shape index (κ3) is 30.2. The molecule has 30 heteroatoms. The Kier molecular flexibility index (Phi) is 36.1. The highest BCUT2D eigenvalue weighted by molar-refractivity contribution is 5.94. The molecular formula is C111H90N6O24. The lowest BCUT2D eigenvalue weighted by molar-refractivity contribution is -0.163. The highest BCUT2D eigenvalue weighted by atomic mass is 16.6. The van der Waals surface area contributed by atoms with Crippen LogP contribution in [0.2, 0.25) is 0 Å². The Labute approximate surface area is 811 Å². The van der Waals surface area contributed by atoms with Crippen molar-refractivity contribution < 1.29 is 114 Å². The van der Waals surface area contributed by atoms with Gasteiger partial charge in [0, 0.05) is 31.1 Å². The summed E-state index contributed by atoms with van der Waals surface area (Å²) in [6.07, 6.45) is -4.48. The fourth-order valence-electron chi connectivity index (χ4n) is 13.8. The number of nitrogens with zero attached hydrogens (tertiary/aromatic N) is 6.